The molecular weight excluding hydrogens is 324 g/mol. The molecule has 1 N–H and O–H groups in total. The number of hydrogen-bond acceptors (Lipinski definition) is 2. The molecular formula is C11H8BrClFN3O. The van der Waals surface area contributed by atoms with Crippen molar-refractivity contribution in [2.75, 3.05) is 5.32 Å². The maximum Gasteiger partial charge on any atom is 0.258 e. The number of anilines is 1. The second-order valence-electron chi connectivity index (χ2n) is 3.60. The Bertz CT molecular complexity index is 591. The first-order valence-electron chi connectivity index (χ1n) is 4.92. The molecule has 2 aromatic rings. The molecule has 0 saturated heterocycles. The molecule has 0 aliphatic carbocycles. The lowest BCUT2D eigenvalue weighted by molar-refractivity contribution is 0.102. The number of aryl methyl sites for hydroxylation is 1. The van der Waals surface area contributed by atoms with Crippen LogP contribution in [0.5, 0.6) is 0 Å². The highest BCUT2D eigenvalue weighted by molar-refractivity contribution is 9.10. The summed E-state index contributed by atoms with van der Waals surface area (Å²) in [6, 6.07) is 2.36. The first kappa shape index (κ1) is 13.0. The van der Waals surface area contributed by atoms with Gasteiger partial charge in [0.25, 0.3) is 5.91 Å². The molecule has 0 saturated carbocycles. The van der Waals surface area contributed by atoms with Gasteiger partial charge in [-0.05, 0) is 28.1 Å². The van der Waals surface area contributed by atoms with Gasteiger partial charge in [0, 0.05) is 17.7 Å². The molecule has 4 nitrogen and oxygen atoms in total. The number of amides is 1. The van der Waals surface area contributed by atoms with E-state index in [1.54, 1.807) is 13.2 Å². The lowest BCUT2D eigenvalue weighted by Crippen LogP contribution is -2.12. The summed E-state index contributed by atoms with van der Waals surface area (Å²) in [5.74, 6) is -0.844. The van der Waals surface area contributed by atoms with Crippen LogP contribution in [0, 0.1) is 5.82 Å². The summed E-state index contributed by atoms with van der Waals surface area (Å²) in [7, 11) is 1.71. The van der Waals surface area contributed by atoms with Gasteiger partial charge in [0.15, 0.2) is 0 Å². The van der Waals surface area contributed by atoms with E-state index < -0.39 is 5.82 Å². The first-order chi connectivity index (χ1) is 8.47. The van der Waals surface area contributed by atoms with Gasteiger partial charge in [-0.2, -0.15) is 5.10 Å². The molecule has 1 aromatic carbocycles. The van der Waals surface area contributed by atoms with E-state index >= 15 is 0 Å². The molecule has 0 aliphatic heterocycles. The molecule has 7 heteroatoms. The number of hydrogen-bond donors (Lipinski definition) is 1. The number of carbonyl (C=O) groups excluding carboxylic acids is 1. The molecule has 0 bridgehead atoms. The third-order valence-corrected chi connectivity index (χ3v) is 3.14. The fourth-order valence-electron chi connectivity index (χ4n) is 1.39. The normalized spacial score (nSPS) is 10.4. The van der Waals surface area contributed by atoms with Gasteiger partial charge in [0.1, 0.15) is 5.82 Å². The van der Waals surface area contributed by atoms with Crippen LogP contribution in [-0.4, -0.2) is 15.7 Å². The SMILES string of the molecule is Cn1cc(C(=O)Nc2c(Cl)cc(F)cc2Br)cn1. The highest BCUT2D eigenvalue weighted by atomic mass is 79.9. The van der Waals surface area contributed by atoms with Crippen LogP contribution in [0.1, 0.15) is 10.4 Å². The van der Waals surface area contributed by atoms with Crippen molar-refractivity contribution in [3.63, 3.8) is 0 Å². The summed E-state index contributed by atoms with van der Waals surface area (Å²) in [6.45, 7) is 0. The molecule has 2 rings (SSSR count). The van der Waals surface area contributed by atoms with Crippen LogP contribution < -0.4 is 5.32 Å². The standard InChI is InChI=1S/C11H8BrClFN3O/c1-17-5-6(4-15-17)11(18)16-10-8(12)2-7(14)3-9(10)13/h2-5H,1H3,(H,16,18). The summed E-state index contributed by atoms with van der Waals surface area (Å²) in [4.78, 5) is 11.9. The van der Waals surface area contributed by atoms with Gasteiger partial charge in [0.05, 0.1) is 22.5 Å². The van der Waals surface area contributed by atoms with Gasteiger partial charge in [0.2, 0.25) is 0 Å². The Balaban J connectivity index is 2.27. The molecule has 0 atom stereocenters. The molecule has 18 heavy (non-hydrogen) atoms. The zero-order valence-corrected chi connectivity index (χ0v) is 11.6. The number of rotatable bonds is 2. The Morgan fingerprint density at radius 3 is 2.83 bits per heavy atom. The Morgan fingerprint density at radius 1 is 1.56 bits per heavy atom. The monoisotopic (exact) mass is 331 g/mol. The van der Waals surface area contributed by atoms with E-state index in [-0.39, 0.29) is 10.9 Å². The number of halogens is 3. The minimum Gasteiger partial charge on any atom is -0.320 e. The van der Waals surface area contributed by atoms with Gasteiger partial charge in [-0.3, -0.25) is 9.48 Å². The van der Waals surface area contributed by atoms with E-state index in [0.717, 1.165) is 6.07 Å². The molecule has 0 radical (unpaired) electrons. The lowest BCUT2D eigenvalue weighted by Gasteiger charge is -2.08. The quantitative estimate of drug-likeness (QED) is 0.918. The molecule has 0 aliphatic rings. The Morgan fingerprint density at radius 2 is 2.28 bits per heavy atom. The topological polar surface area (TPSA) is 46.9 Å². The number of aromatic nitrogens is 2. The van der Waals surface area contributed by atoms with Crippen LogP contribution in [0.3, 0.4) is 0 Å². The second kappa shape index (κ2) is 5.07. The van der Waals surface area contributed by atoms with Crippen molar-refractivity contribution in [3.8, 4) is 0 Å². The largest absolute Gasteiger partial charge is 0.320 e. The number of carbonyl (C=O) groups is 1. The molecule has 0 spiro atoms. The highest BCUT2D eigenvalue weighted by Gasteiger charge is 2.13. The van der Waals surface area contributed by atoms with Gasteiger partial charge in [-0.15, -0.1) is 0 Å². The summed E-state index contributed by atoms with van der Waals surface area (Å²) < 4.78 is 14.9. The third-order valence-electron chi connectivity index (χ3n) is 2.21. The smallest absolute Gasteiger partial charge is 0.258 e. The summed E-state index contributed by atoms with van der Waals surface area (Å²) in [6.07, 6.45) is 3.00. The fraction of sp³-hybridized carbons (Fsp3) is 0.0909. The van der Waals surface area contributed by atoms with E-state index in [0.29, 0.717) is 15.7 Å². The van der Waals surface area contributed by atoms with E-state index in [2.05, 4.69) is 26.3 Å². The summed E-state index contributed by atoms with van der Waals surface area (Å²) >= 11 is 9.01. The van der Waals surface area contributed by atoms with E-state index in [1.807, 2.05) is 0 Å². The van der Waals surface area contributed by atoms with Crippen molar-refractivity contribution in [1.29, 1.82) is 0 Å². The number of nitrogens with one attached hydrogen (secondary N) is 1. The van der Waals surface area contributed by atoms with Crippen molar-refractivity contribution in [3.05, 3.63) is 45.4 Å². The van der Waals surface area contributed by atoms with Crippen LogP contribution in [0.4, 0.5) is 10.1 Å². The van der Waals surface area contributed by atoms with Crippen molar-refractivity contribution >= 4 is 39.1 Å². The Hall–Kier alpha value is -1.40. The van der Waals surface area contributed by atoms with Crippen LogP contribution in [-0.2, 0) is 7.05 Å². The summed E-state index contributed by atoms with van der Waals surface area (Å²) in [5, 5.41) is 6.61. The highest BCUT2D eigenvalue weighted by Crippen LogP contribution is 2.31. The summed E-state index contributed by atoms with van der Waals surface area (Å²) in [5.41, 5.74) is 0.719. The zero-order chi connectivity index (χ0) is 13.3. The minimum absolute atomic E-state index is 0.124. The van der Waals surface area contributed by atoms with E-state index in [1.165, 1.54) is 16.9 Å². The Labute approximate surface area is 116 Å². The number of nitrogens with zero attached hydrogens (tertiary/aromatic N) is 2. The van der Waals surface area contributed by atoms with Gasteiger partial charge < -0.3 is 5.32 Å². The predicted molar refractivity (Wildman–Crippen MR) is 70.3 cm³/mol. The molecule has 94 valence electrons. The molecule has 1 aromatic heterocycles. The van der Waals surface area contributed by atoms with Crippen molar-refractivity contribution in [2.45, 2.75) is 0 Å². The van der Waals surface area contributed by atoms with Gasteiger partial charge in [-0.25, -0.2) is 4.39 Å². The zero-order valence-electron chi connectivity index (χ0n) is 9.25. The van der Waals surface area contributed by atoms with Crippen LogP contribution >= 0.6 is 27.5 Å². The van der Waals surface area contributed by atoms with Crippen LogP contribution in [0.2, 0.25) is 5.02 Å². The van der Waals surface area contributed by atoms with Crippen molar-refractivity contribution < 1.29 is 9.18 Å². The van der Waals surface area contributed by atoms with Crippen molar-refractivity contribution in [1.82, 2.24) is 9.78 Å². The lowest BCUT2D eigenvalue weighted by atomic mass is 10.2. The van der Waals surface area contributed by atoms with Gasteiger partial charge in [-0.1, -0.05) is 11.6 Å². The maximum absolute atomic E-state index is 13.0. The predicted octanol–water partition coefficient (Wildman–Crippen LogP) is 3.23. The third kappa shape index (κ3) is 2.70. The van der Waals surface area contributed by atoms with E-state index in [4.69, 9.17) is 11.6 Å². The average Bonchev–Trinajstić information content (AvgIpc) is 2.70. The molecule has 1 amide bonds. The fourth-order valence-corrected chi connectivity index (χ4v) is 2.28. The molecule has 0 unspecified atom stereocenters. The molecule has 0 fully saturated rings. The second-order valence-corrected chi connectivity index (χ2v) is 4.86. The van der Waals surface area contributed by atoms with Crippen molar-refractivity contribution in [2.24, 2.45) is 7.05 Å². The van der Waals surface area contributed by atoms with Crippen LogP contribution in [0.15, 0.2) is 29.0 Å². The molecule has 1 heterocycles. The Kier molecular flexibility index (Phi) is 3.68. The minimum atomic E-state index is -0.480. The first-order valence-corrected chi connectivity index (χ1v) is 6.09. The average molecular weight is 333 g/mol. The van der Waals surface area contributed by atoms with Crippen LogP contribution in [0.25, 0.3) is 0 Å². The van der Waals surface area contributed by atoms with Gasteiger partial charge >= 0.3 is 0 Å². The maximum atomic E-state index is 13.0. The number of benzene rings is 1. The van der Waals surface area contributed by atoms with E-state index in [9.17, 15) is 9.18 Å².